The number of carbonyl (C=O) groups is 1. The van der Waals surface area contributed by atoms with Crippen molar-refractivity contribution in [2.24, 2.45) is 5.92 Å². The summed E-state index contributed by atoms with van der Waals surface area (Å²) in [7, 11) is 1.63. The van der Waals surface area contributed by atoms with Crippen LogP contribution in [0.2, 0.25) is 0 Å². The van der Waals surface area contributed by atoms with E-state index >= 15 is 0 Å². The predicted octanol–water partition coefficient (Wildman–Crippen LogP) is 6.47. The average molecular weight is 473 g/mol. The maximum atomic E-state index is 13.0. The quantitative estimate of drug-likeness (QED) is 0.381. The van der Waals surface area contributed by atoms with Crippen LogP contribution in [0.4, 0.5) is 0 Å². The fourth-order valence-electron chi connectivity index (χ4n) is 5.47. The van der Waals surface area contributed by atoms with E-state index < -0.39 is 0 Å². The average Bonchev–Trinajstić information content (AvgIpc) is 2.81. The number of methoxy groups -OCH3 is 1. The molecule has 1 aromatic heterocycles. The summed E-state index contributed by atoms with van der Waals surface area (Å²) in [5.74, 6) is 2.11. The van der Waals surface area contributed by atoms with Crippen LogP contribution in [0.15, 0.2) is 67.0 Å². The highest BCUT2D eigenvalue weighted by Crippen LogP contribution is 2.35. The lowest BCUT2D eigenvalue weighted by Crippen LogP contribution is -2.57. The number of ether oxygens (including phenoxy) is 2. The first-order chi connectivity index (χ1) is 16.6. The normalized spacial score (nSPS) is 17.1. The zero-order valence-electron chi connectivity index (χ0n) is 21.4. The molecule has 5 heteroatoms. The van der Waals surface area contributed by atoms with E-state index in [1.165, 1.54) is 0 Å². The molecule has 2 heterocycles. The molecule has 35 heavy (non-hydrogen) atoms. The van der Waals surface area contributed by atoms with E-state index in [4.69, 9.17) is 9.47 Å². The Morgan fingerprint density at radius 3 is 2.31 bits per heavy atom. The molecule has 0 bridgehead atoms. The largest absolute Gasteiger partial charge is 0.495 e. The third kappa shape index (κ3) is 6.70. The number of ketones is 1. The van der Waals surface area contributed by atoms with Gasteiger partial charge < -0.3 is 14.8 Å². The van der Waals surface area contributed by atoms with Gasteiger partial charge in [-0.1, -0.05) is 36.4 Å². The molecule has 0 spiro atoms. The first kappa shape index (κ1) is 24.9. The summed E-state index contributed by atoms with van der Waals surface area (Å²) in [5.41, 5.74) is 3.88. The van der Waals surface area contributed by atoms with E-state index in [2.05, 4.69) is 38.0 Å². The number of nitrogens with one attached hydrogen (secondary N) is 1. The molecular weight excluding hydrogens is 436 g/mol. The predicted molar refractivity (Wildman–Crippen MR) is 140 cm³/mol. The second kappa shape index (κ2) is 10.2. The number of hydrogen-bond acceptors (Lipinski definition) is 5. The van der Waals surface area contributed by atoms with Crippen LogP contribution >= 0.6 is 0 Å². The standard InChI is InChI=1S/C30H36N2O3/c1-29(2)16-22(17-30(3,4)32-29)13-28(33)23-11-9-21(10-12-23)20-35-26-8-6-7-24(14-26)25-15-27(34-5)19-31-18-25/h6-12,14-15,18-19,22,32H,13,16-17,20H2,1-5H3. The van der Waals surface area contributed by atoms with Gasteiger partial charge in [0.2, 0.25) is 0 Å². The smallest absolute Gasteiger partial charge is 0.163 e. The van der Waals surface area contributed by atoms with Crippen molar-refractivity contribution in [3.8, 4) is 22.6 Å². The van der Waals surface area contributed by atoms with Crippen molar-refractivity contribution in [3.05, 3.63) is 78.1 Å². The zero-order chi connectivity index (χ0) is 25.1. The zero-order valence-corrected chi connectivity index (χ0v) is 21.4. The van der Waals surface area contributed by atoms with E-state index in [-0.39, 0.29) is 16.9 Å². The lowest BCUT2D eigenvalue weighted by molar-refractivity contribution is 0.0864. The van der Waals surface area contributed by atoms with Crippen molar-refractivity contribution in [2.45, 2.75) is 64.6 Å². The highest BCUT2D eigenvalue weighted by Gasteiger charge is 2.38. The molecule has 184 valence electrons. The van der Waals surface area contributed by atoms with Crippen LogP contribution in [-0.2, 0) is 6.61 Å². The minimum Gasteiger partial charge on any atom is -0.495 e. The third-order valence-corrected chi connectivity index (χ3v) is 6.55. The summed E-state index contributed by atoms with van der Waals surface area (Å²) in [6, 6.07) is 17.7. The van der Waals surface area contributed by atoms with Crippen LogP contribution in [0.5, 0.6) is 11.5 Å². The number of aromatic nitrogens is 1. The Kier molecular flexibility index (Phi) is 7.27. The summed E-state index contributed by atoms with van der Waals surface area (Å²) in [6.07, 6.45) is 6.11. The summed E-state index contributed by atoms with van der Waals surface area (Å²) in [4.78, 5) is 17.2. The number of rotatable bonds is 8. The lowest BCUT2D eigenvalue weighted by Gasteiger charge is -2.46. The Morgan fingerprint density at radius 1 is 0.943 bits per heavy atom. The first-order valence-corrected chi connectivity index (χ1v) is 12.3. The van der Waals surface area contributed by atoms with Gasteiger partial charge in [0.1, 0.15) is 18.1 Å². The van der Waals surface area contributed by atoms with Gasteiger partial charge in [0.25, 0.3) is 0 Å². The molecule has 0 unspecified atom stereocenters. The fourth-order valence-corrected chi connectivity index (χ4v) is 5.47. The van der Waals surface area contributed by atoms with Crippen molar-refractivity contribution < 1.29 is 14.3 Å². The van der Waals surface area contributed by atoms with Gasteiger partial charge in [0, 0.05) is 34.8 Å². The summed E-state index contributed by atoms with van der Waals surface area (Å²) >= 11 is 0. The molecule has 3 aromatic rings. The van der Waals surface area contributed by atoms with Gasteiger partial charge in [0.05, 0.1) is 13.3 Å². The lowest BCUT2D eigenvalue weighted by atomic mass is 9.74. The van der Waals surface area contributed by atoms with E-state index in [0.29, 0.717) is 18.9 Å². The maximum Gasteiger partial charge on any atom is 0.163 e. The number of hydrogen-bond donors (Lipinski definition) is 1. The number of carbonyl (C=O) groups excluding carboxylic acids is 1. The minimum atomic E-state index is 0.0499. The van der Waals surface area contributed by atoms with Crippen molar-refractivity contribution >= 4 is 5.78 Å². The summed E-state index contributed by atoms with van der Waals surface area (Å²) in [5, 5.41) is 3.69. The summed E-state index contributed by atoms with van der Waals surface area (Å²) < 4.78 is 11.3. The molecule has 1 fully saturated rings. The number of Topliss-reactive ketones (excluding diaryl/α,β-unsaturated/α-hetero) is 1. The molecule has 4 rings (SSSR count). The van der Waals surface area contributed by atoms with E-state index in [0.717, 1.165) is 46.6 Å². The van der Waals surface area contributed by atoms with Crippen molar-refractivity contribution in [2.75, 3.05) is 7.11 Å². The van der Waals surface area contributed by atoms with Crippen molar-refractivity contribution in [1.82, 2.24) is 10.3 Å². The molecule has 0 amide bonds. The van der Waals surface area contributed by atoms with Crippen molar-refractivity contribution in [1.29, 1.82) is 0 Å². The summed E-state index contributed by atoms with van der Waals surface area (Å²) in [6.45, 7) is 9.34. The third-order valence-electron chi connectivity index (χ3n) is 6.55. The molecule has 1 aliphatic rings. The van der Waals surface area contributed by atoms with Gasteiger partial charge in [0.15, 0.2) is 5.78 Å². The van der Waals surface area contributed by atoms with Crippen LogP contribution in [0, 0.1) is 5.92 Å². The van der Waals surface area contributed by atoms with Gasteiger partial charge >= 0.3 is 0 Å². The Hall–Kier alpha value is -3.18. The van der Waals surface area contributed by atoms with Gasteiger partial charge in [-0.15, -0.1) is 0 Å². The molecule has 0 atom stereocenters. The Labute approximate surface area is 208 Å². The van der Waals surface area contributed by atoms with Crippen LogP contribution in [0.25, 0.3) is 11.1 Å². The highest BCUT2D eigenvalue weighted by molar-refractivity contribution is 5.96. The number of pyridine rings is 1. The number of benzene rings is 2. The van der Waals surface area contributed by atoms with Crippen LogP contribution in [-0.4, -0.2) is 29.0 Å². The van der Waals surface area contributed by atoms with E-state index in [9.17, 15) is 4.79 Å². The number of piperidine rings is 1. The Balaban J connectivity index is 1.35. The molecule has 0 aliphatic carbocycles. The molecule has 1 N–H and O–H groups in total. The van der Waals surface area contributed by atoms with Gasteiger partial charge in [-0.2, -0.15) is 0 Å². The topological polar surface area (TPSA) is 60.5 Å². The van der Waals surface area contributed by atoms with Crippen LogP contribution in [0.3, 0.4) is 0 Å². The van der Waals surface area contributed by atoms with E-state index in [1.807, 2.05) is 60.8 Å². The maximum absolute atomic E-state index is 13.0. The molecule has 1 aliphatic heterocycles. The van der Waals surface area contributed by atoms with Gasteiger partial charge in [-0.05, 0) is 75.8 Å². The van der Waals surface area contributed by atoms with Gasteiger partial charge in [-0.25, -0.2) is 0 Å². The van der Waals surface area contributed by atoms with Crippen LogP contribution in [0.1, 0.15) is 62.9 Å². The Morgan fingerprint density at radius 2 is 1.63 bits per heavy atom. The molecule has 0 saturated carbocycles. The first-order valence-electron chi connectivity index (χ1n) is 12.3. The van der Waals surface area contributed by atoms with Crippen LogP contribution < -0.4 is 14.8 Å². The van der Waals surface area contributed by atoms with E-state index in [1.54, 1.807) is 13.3 Å². The molecule has 1 saturated heterocycles. The van der Waals surface area contributed by atoms with Gasteiger partial charge in [-0.3, -0.25) is 9.78 Å². The number of nitrogens with zero attached hydrogens (tertiary/aromatic N) is 1. The molecule has 5 nitrogen and oxygen atoms in total. The molecular formula is C30H36N2O3. The molecule has 0 radical (unpaired) electrons. The van der Waals surface area contributed by atoms with Crippen molar-refractivity contribution in [3.63, 3.8) is 0 Å². The monoisotopic (exact) mass is 472 g/mol. The second-order valence-electron chi connectivity index (χ2n) is 10.9. The minimum absolute atomic E-state index is 0.0499. The fraction of sp³-hybridized carbons (Fsp3) is 0.400. The second-order valence-corrected chi connectivity index (χ2v) is 10.9. The SMILES string of the molecule is COc1cncc(-c2cccc(OCc3ccc(C(=O)CC4CC(C)(C)NC(C)(C)C4)cc3)c2)c1. The highest BCUT2D eigenvalue weighted by atomic mass is 16.5. The Bertz CT molecular complexity index is 1150. The molecule has 2 aromatic carbocycles.